The van der Waals surface area contributed by atoms with Crippen LogP contribution in [0.5, 0.6) is 5.75 Å². The lowest BCUT2D eigenvalue weighted by atomic mass is 10.2. The third-order valence-corrected chi connectivity index (χ3v) is 2.97. The summed E-state index contributed by atoms with van der Waals surface area (Å²) < 4.78 is 18.6. The average Bonchev–Trinajstić information content (AvgIpc) is 3.18. The smallest absolute Gasteiger partial charge is 0.257 e. The van der Waals surface area contributed by atoms with Crippen LogP contribution >= 0.6 is 0 Å². The molecule has 1 aromatic rings. The fourth-order valence-corrected chi connectivity index (χ4v) is 1.79. The highest BCUT2D eigenvalue weighted by Crippen LogP contribution is 2.27. The zero-order valence-electron chi connectivity index (χ0n) is 11.0. The highest BCUT2D eigenvalue weighted by molar-refractivity contribution is 5.77. The van der Waals surface area contributed by atoms with Gasteiger partial charge in [0.2, 0.25) is 0 Å². The quantitative estimate of drug-likeness (QED) is 0.785. The van der Waals surface area contributed by atoms with Gasteiger partial charge in [0, 0.05) is 19.2 Å². The van der Waals surface area contributed by atoms with Gasteiger partial charge < -0.3 is 15.4 Å². The molecule has 1 saturated carbocycles. The maximum atomic E-state index is 13.3. The Balaban J connectivity index is 1.81. The number of halogens is 1. The molecule has 5 heteroatoms. The summed E-state index contributed by atoms with van der Waals surface area (Å²) in [7, 11) is 1.79. The van der Waals surface area contributed by atoms with E-state index in [1.807, 2.05) is 0 Å². The standard InChI is InChI=1S/C14H19FN2O2/c1-16-7-11-4-12(15)6-13(5-11)19-9-14(18)17-8-10-2-3-10/h4-6,10,16H,2-3,7-9H2,1H3,(H,17,18). The van der Waals surface area contributed by atoms with Crippen molar-refractivity contribution in [3.05, 3.63) is 29.6 Å². The van der Waals surface area contributed by atoms with Crippen LogP contribution in [0, 0.1) is 11.7 Å². The Morgan fingerprint density at radius 3 is 2.89 bits per heavy atom. The molecule has 0 saturated heterocycles. The molecule has 1 amide bonds. The van der Waals surface area contributed by atoms with E-state index in [4.69, 9.17) is 4.74 Å². The van der Waals surface area contributed by atoms with Crippen LogP contribution in [0.4, 0.5) is 4.39 Å². The van der Waals surface area contributed by atoms with Crippen molar-refractivity contribution in [2.75, 3.05) is 20.2 Å². The second-order valence-corrected chi connectivity index (χ2v) is 4.86. The number of amides is 1. The van der Waals surface area contributed by atoms with Crippen molar-refractivity contribution in [3.63, 3.8) is 0 Å². The minimum absolute atomic E-state index is 0.0742. The zero-order valence-corrected chi connectivity index (χ0v) is 11.0. The maximum absolute atomic E-state index is 13.3. The van der Waals surface area contributed by atoms with Gasteiger partial charge in [0.1, 0.15) is 11.6 Å². The molecule has 19 heavy (non-hydrogen) atoms. The van der Waals surface area contributed by atoms with Gasteiger partial charge in [0.15, 0.2) is 6.61 Å². The highest BCUT2D eigenvalue weighted by Gasteiger charge is 2.21. The van der Waals surface area contributed by atoms with E-state index < -0.39 is 0 Å². The number of ether oxygens (including phenoxy) is 1. The van der Waals surface area contributed by atoms with Crippen molar-refractivity contribution >= 4 is 5.91 Å². The molecule has 0 atom stereocenters. The van der Waals surface area contributed by atoms with E-state index in [0.717, 1.165) is 12.1 Å². The Hall–Kier alpha value is -1.62. The number of nitrogens with one attached hydrogen (secondary N) is 2. The van der Waals surface area contributed by atoms with E-state index in [1.165, 1.54) is 25.0 Å². The number of carbonyl (C=O) groups is 1. The maximum Gasteiger partial charge on any atom is 0.257 e. The Bertz CT molecular complexity index is 447. The largest absolute Gasteiger partial charge is 0.484 e. The summed E-state index contributed by atoms with van der Waals surface area (Å²) in [5.41, 5.74) is 0.788. The van der Waals surface area contributed by atoms with E-state index in [1.54, 1.807) is 13.1 Å². The molecule has 104 valence electrons. The first kappa shape index (κ1) is 13.8. The van der Waals surface area contributed by atoms with Gasteiger partial charge in [-0.25, -0.2) is 4.39 Å². The van der Waals surface area contributed by atoms with Crippen LogP contribution in [0.2, 0.25) is 0 Å². The predicted molar refractivity (Wildman–Crippen MR) is 70.4 cm³/mol. The molecular weight excluding hydrogens is 247 g/mol. The third-order valence-electron chi connectivity index (χ3n) is 2.97. The number of hydrogen-bond acceptors (Lipinski definition) is 3. The van der Waals surface area contributed by atoms with Gasteiger partial charge in [-0.15, -0.1) is 0 Å². The zero-order chi connectivity index (χ0) is 13.7. The van der Waals surface area contributed by atoms with E-state index in [9.17, 15) is 9.18 Å². The predicted octanol–water partition coefficient (Wildman–Crippen LogP) is 1.45. The fraction of sp³-hybridized carbons (Fsp3) is 0.500. The Labute approximate surface area is 112 Å². The summed E-state index contributed by atoms with van der Waals surface area (Å²) in [6.45, 7) is 1.20. The van der Waals surface area contributed by atoms with Crippen LogP contribution in [-0.2, 0) is 11.3 Å². The second kappa shape index (κ2) is 6.52. The van der Waals surface area contributed by atoms with E-state index in [0.29, 0.717) is 18.2 Å². The van der Waals surface area contributed by atoms with Gasteiger partial charge >= 0.3 is 0 Å². The van der Waals surface area contributed by atoms with Crippen LogP contribution in [0.3, 0.4) is 0 Å². The molecule has 0 bridgehead atoms. The Morgan fingerprint density at radius 1 is 1.42 bits per heavy atom. The van der Waals surface area contributed by atoms with E-state index in [-0.39, 0.29) is 18.3 Å². The number of benzene rings is 1. The van der Waals surface area contributed by atoms with Crippen LogP contribution in [0.25, 0.3) is 0 Å². The third kappa shape index (κ3) is 4.87. The molecule has 1 fully saturated rings. The van der Waals surface area contributed by atoms with Crippen LogP contribution in [0.15, 0.2) is 18.2 Å². The number of rotatable bonds is 7. The average molecular weight is 266 g/mol. The summed E-state index contributed by atoms with van der Waals surface area (Å²) in [5, 5.41) is 5.74. The van der Waals surface area contributed by atoms with Crippen molar-refractivity contribution in [1.82, 2.24) is 10.6 Å². The first-order chi connectivity index (χ1) is 9.17. The lowest BCUT2D eigenvalue weighted by Crippen LogP contribution is -2.30. The minimum atomic E-state index is -0.360. The van der Waals surface area contributed by atoms with Gasteiger partial charge in [0.05, 0.1) is 0 Å². The lowest BCUT2D eigenvalue weighted by Gasteiger charge is -2.09. The molecule has 0 aliphatic heterocycles. The van der Waals surface area contributed by atoms with Crippen LogP contribution < -0.4 is 15.4 Å². The van der Waals surface area contributed by atoms with Gasteiger partial charge in [-0.3, -0.25) is 4.79 Å². The monoisotopic (exact) mass is 266 g/mol. The molecule has 1 aliphatic rings. The second-order valence-electron chi connectivity index (χ2n) is 4.86. The molecular formula is C14H19FN2O2. The topological polar surface area (TPSA) is 50.4 Å². The molecule has 0 heterocycles. The van der Waals surface area contributed by atoms with Gasteiger partial charge in [-0.2, -0.15) is 0 Å². The molecule has 0 aromatic heterocycles. The van der Waals surface area contributed by atoms with Crippen LogP contribution in [-0.4, -0.2) is 26.1 Å². The molecule has 0 radical (unpaired) electrons. The fourth-order valence-electron chi connectivity index (χ4n) is 1.79. The molecule has 2 rings (SSSR count). The SMILES string of the molecule is CNCc1cc(F)cc(OCC(=O)NCC2CC2)c1. The molecule has 1 aliphatic carbocycles. The highest BCUT2D eigenvalue weighted by atomic mass is 19.1. The molecule has 0 spiro atoms. The number of hydrogen-bond donors (Lipinski definition) is 2. The Morgan fingerprint density at radius 2 is 2.21 bits per heavy atom. The minimum Gasteiger partial charge on any atom is -0.484 e. The first-order valence-corrected chi connectivity index (χ1v) is 6.51. The first-order valence-electron chi connectivity index (χ1n) is 6.51. The van der Waals surface area contributed by atoms with E-state index in [2.05, 4.69) is 10.6 Å². The molecule has 1 aromatic carbocycles. The van der Waals surface area contributed by atoms with Crippen molar-refractivity contribution in [2.24, 2.45) is 5.92 Å². The molecule has 0 unspecified atom stereocenters. The number of carbonyl (C=O) groups excluding carboxylic acids is 1. The lowest BCUT2D eigenvalue weighted by molar-refractivity contribution is -0.123. The van der Waals surface area contributed by atoms with Gasteiger partial charge in [-0.1, -0.05) is 0 Å². The van der Waals surface area contributed by atoms with Crippen LogP contribution in [0.1, 0.15) is 18.4 Å². The van der Waals surface area contributed by atoms with Gasteiger partial charge in [0.25, 0.3) is 5.91 Å². The summed E-state index contributed by atoms with van der Waals surface area (Å²) >= 11 is 0. The van der Waals surface area contributed by atoms with Crippen molar-refractivity contribution < 1.29 is 13.9 Å². The Kier molecular flexibility index (Phi) is 4.74. The molecule has 4 nitrogen and oxygen atoms in total. The summed E-state index contributed by atoms with van der Waals surface area (Å²) in [5.74, 6) is 0.500. The van der Waals surface area contributed by atoms with Crippen molar-refractivity contribution in [3.8, 4) is 5.75 Å². The normalized spacial score (nSPS) is 14.2. The summed E-state index contributed by atoms with van der Waals surface area (Å²) in [6, 6.07) is 4.46. The van der Waals surface area contributed by atoms with Crippen molar-refractivity contribution in [2.45, 2.75) is 19.4 Å². The summed E-state index contributed by atoms with van der Waals surface area (Å²) in [4.78, 5) is 11.5. The summed E-state index contributed by atoms with van der Waals surface area (Å²) in [6.07, 6.45) is 2.39. The van der Waals surface area contributed by atoms with E-state index >= 15 is 0 Å². The molecule has 2 N–H and O–H groups in total. The van der Waals surface area contributed by atoms with Gasteiger partial charge in [-0.05, 0) is 43.5 Å². The van der Waals surface area contributed by atoms with Crippen molar-refractivity contribution in [1.29, 1.82) is 0 Å².